The van der Waals surface area contributed by atoms with Crippen molar-refractivity contribution in [2.45, 2.75) is 11.3 Å². The minimum Gasteiger partial charge on any atom is -0.366 e. The van der Waals surface area contributed by atoms with E-state index in [1.807, 2.05) is 0 Å². The van der Waals surface area contributed by atoms with Crippen LogP contribution in [0, 0.1) is 0 Å². The SMILES string of the molecule is NCCCNS(=O)(=O)c1cc[nH]c1. The van der Waals surface area contributed by atoms with Gasteiger partial charge >= 0.3 is 0 Å². The molecule has 1 rings (SSSR count). The van der Waals surface area contributed by atoms with Crippen molar-refractivity contribution < 1.29 is 8.42 Å². The fourth-order valence-electron chi connectivity index (χ4n) is 0.868. The Hall–Kier alpha value is -0.850. The van der Waals surface area contributed by atoms with Gasteiger partial charge in [0.2, 0.25) is 10.0 Å². The second kappa shape index (κ2) is 4.40. The molecular formula is C7H13N3O2S. The van der Waals surface area contributed by atoms with Crippen LogP contribution in [0.4, 0.5) is 0 Å². The van der Waals surface area contributed by atoms with Crippen LogP contribution in [0.25, 0.3) is 0 Å². The Bertz CT molecular complexity index is 331. The van der Waals surface area contributed by atoms with Gasteiger partial charge in [-0.25, -0.2) is 13.1 Å². The summed E-state index contributed by atoms with van der Waals surface area (Å²) in [5, 5.41) is 0. The molecule has 0 aliphatic heterocycles. The van der Waals surface area contributed by atoms with Gasteiger partial charge in [0.25, 0.3) is 0 Å². The van der Waals surface area contributed by atoms with Gasteiger partial charge in [0.05, 0.1) is 4.90 Å². The Balaban J connectivity index is 2.58. The van der Waals surface area contributed by atoms with Crippen molar-refractivity contribution in [1.82, 2.24) is 9.71 Å². The monoisotopic (exact) mass is 203 g/mol. The van der Waals surface area contributed by atoms with E-state index in [0.29, 0.717) is 19.5 Å². The zero-order valence-electron chi connectivity index (χ0n) is 7.16. The molecular weight excluding hydrogens is 190 g/mol. The molecule has 6 heteroatoms. The first-order valence-corrected chi connectivity index (χ1v) is 5.47. The number of aromatic amines is 1. The summed E-state index contributed by atoms with van der Waals surface area (Å²) in [6.45, 7) is 0.861. The average molecular weight is 203 g/mol. The standard InChI is InChI=1S/C7H13N3O2S/c8-3-1-4-10-13(11,12)7-2-5-9-6-7/h2,5-6,9-10H,1,3-4,8H2. The highest BCUT2D eigenvalue weighted by Crippen LogP contribution is 2.05. The Labute approximate surface area is 77.4 Å². The molecule has 0 aliphatic carbocycles. The molecule has 0 aliphatic rings. The van der Waals surface area contributed by atoms with Gasteiger partial charge < -0.3 is 10.7 Å². The van der Waals surface area contributed by atoms with Crippen LogP contribution in [0.5, 0.6) is 0 Å². The van der Waals surface area contributed by atoms with Crippen molar-refractivity contribution in [1.29, 1.82) is 0 Å². The van der Waals surface area contributed by atoms with E-state index in [9.17, 15) is 8.42 Å². The molecule has 0 fully saturated rings. The lowest BCUT2D eigenvalue weighted by Gasteiger charge is -2.02. The van der Waals surface area contributed by atoms with Crippen LogP contribution in [0.3, 0.4) is 0 Å². The fourth-order valence-corrected chi connectivity index (χ4v) is 1.92. The molecule has 1 heterocycles. The first-order valence-electron chi connectivity index (χ1n) is 3.99. The van der Waals surface area contributed by atoms with E-state index in [4.69, 9.17) is 5.73 Å². The van der Waals surface area contributed by atoms with Crippen LogP contribution in [0.15, 0.2) is 23.4 Å². The molecule has 0 radical (unpaired) electrons. The molecule has 0 bridgehead atoms. The fraction of sp³-hybridized carbons (Fsp3) is 0.429. The summed E-state index contributed by atoms with van der Waals surface area (Å²) in [5.41, 5.74) is 5.24. The Morgan fingerprint density at radius 2 is 2.31 bits per heavy atom. The zero-order valence-corrected chi connectivity index (χ0v) is 7.97. The molecule has 1 aromatic rings. The van der Waals surface area contributed by atoms with Gasteiger partial charge in [0.1, 0.15) is 0 Å². The van der Waals surface area contributed by atoms with Crippen molar-refractivity contribution in [2.24, 2.45) is 5.73 Å². The summed E-state index contributed by atoms with van der Waals surface area (Å²) in [5.74, 6) is 0. The highest BCUT2D eigenvalue weighted by molar-refractivity contribution is 7.89. The van der Waals surface area contributed by atoms with Crippen LogP contribution < -0.4 is 10.5 Å². The summed E-state index contributed by atoms with van der Waals surface area (Å²) in [6.07, 6.45) is 3.64. The first-order chi connectivity index (χ1) is 6.17. The first kappa shape index (κ1) is 10.2. The molecule has 74 valence electrons. The predicted octanol–water partition coefficient (Wildman–Crippen LogP) is -0.358. The van der Waals surface area contributed by atoms with Crippen molar-refractivity contribution in [3.63, 3.8) is 0 Å². The third-order valence-corrected chi connectivity index (χ3v) is 3.01. The second-order valence-electron chi connectivity index (χ2n) is 2.59. The summed E-state index contributed by atoms with van der Waals surface area (Å²) < 4.78 is 25.2. The van der Waals surface area contributed by atoms with Crippen LogP contribution in [-0.2, 0) is 10.0 Å². The van der Waals surface area contributed by atoms with E-state index in [0.717, 1.165) is 0 Å². The van der Waals surface area contributed by atoms with Crippen molar-refractivity contribution in [3.05, 3.63) is 18.5 Å². The van der Waals surface area contributed by atoms with Gasteiger partial charge in [-0.1, -0.05) is 0 Å². The van der Waals surface area contributed by atoms with Gasteiger partial charge in [-0.2, -0.15) is 0 Å². The van der Waals surface area contributed by atoms with Crippen molar-refractivity contribution in [2.75, 3.05) is 13.1 Å². The maximum absolute atomic E-state index is 11.4. The zero-order chi connectivity index (χ0) is 9.73. The Kier molecular flexibility index (Phi) is 3.47. The Morgan fingerprint density at radius 3 is 2.85 bits per heavy atom. The molecule has 0 atom stereocenters. The third kappa shape index (κ3) is 2.83. The molecule has 5 nitrogen and oxygen atoms in total. The van der Waals surface area contributed by atoms with Crippen LogP contribution in [0.1, 0.15) is 6.42 Å². The lowest BCUT2D eigenvalue weighted by Crippen LogP contribution is -2.25. The normalized spacial score (nSPS) is 11.8. The molecule has 4 N–H and O–H groups in total. The summed E-state index contributed by atoms with van der Waals surface area (Å²) in [4.78, 5) is 2.94. The average Bonchev–Trinajstić information content (AvgIpc) is 2.56. The van der Waals surface area contributed by atoms with E-state index in [1.165, 1.54) is 12.3 Å². The molecule has 0 unspecified atom stereocenters. The molecule has 0 spiro atoms. The molecule has 0 amide bonds. The number of rotatable bonds is 5. The number of nitrogens with one attached hydrogen (secondary N) is 2. The van der Waals surface area contributed by atoms with Gasteiger partial charge in [0, 0.05) is 18.9 Å². The molecule has 0 saturated carbocycles. The molecule has 0 saturated heterocycles. The number of H-pyrrole nitrogens is 1. The third-order valence-electron chi connectivity index (χ3n) is 1.55. The smallest absolute Gasteiger partial charge is 0.242 e. The predicted molar refractivity (Wildman–Crippen MR) is 49.7 cm³/mol. The van der Waals surface area contributed by atoms with Gasteiger partial charge in [-0.05, 0) is 19.0 Å². The summed E-state index contributed by atoms with van der Waals surface area (Å²) in [6, 6.07) is 1.50. The van der Waals surface area contributed by atoms with E-state index in [-0.39, 0.29) is 4.90 Å². The molecule has 0 aromatic carbocycles. The van der Waals surface area contributed by atoms with Gasteiger partial charge in [0.15, 0.2) is 0 Å². The van der Waals surface area contributed by atoms with Gasteiger partial charge in [-0.3, -0.25) is 0 Å². The van der Waals surface area contributed by atoms with E-state index < -0.39 is 10.0 Å². The largest absolute Gasteiger partial charge is 0.366 e. The number of hydrogen-bond donors (Lipinski definition) is 3. The summed E-state index contributed by atoms with van der Waals surface area (Å²) in [7, 11) is -3.33. The summed E-state index contributed by atoms with van der Waals surface area (Å²) >= 11 is 0. The maximum atomic E-state index is 11.4. The lowest BCUT2D eigenvalue weighted by molar-refractivity contribution is 0.580. The quantitative estimate of drug-likeness (QED) is 0.571. The molecule has 1 aromatic heterocycles. The van der Waals surface area contributed by atoms with Crippen LogP contribution in [0.2, 0.25) is 0 Å². The Morgan fingerprint density at radius 1 is 1.54 bits per heavy atom. The maximum Gasteiger partial charge on any atom is 0.242 e. The van der Waals surface area contributed by atoms with Gasteiger partial charge in [-0.15, -0.1) is 0 Å². The minimum absolute atomic E-state index is 0.254. The van der Waals surface area contributed by atoms with E-state index in [2.05, 4.69) is 9.71 Å². The van der Waals surface area contributed by atoms with Crippen molar-refractivity contribution in [3.8, 4) is 0 Å². The minimum atomic E-state index is -3.33. The number of hydrogen-bond acceptors (Lipinski definition) is 3. The van der Waals surface area contributed by atoms with E-state index in [1.54, 1.807) is 6.20 Å². The highest BCUT2D eigenvalue weighted by atomic mass is 32.2. The molecule has 13 heavy (non-hydrogen) atoms. The number of nitrogens with two attached hydrogens (primary N) is 1. The van der Waals surface area contributed by atoms with Crippen LogP contribution >= 0.6 is 0 Å². The topological polar surface area (TPSA) is 88.0 Å². The number of aromatic nitrogens is 1. The second-order valence-corrected chi connectivity index (χ2v) is 4.35. The number of sulfonamides is 1. The van der Waals surface area contributed by atoms with Crippen molar-refractivity contribution >= 4 is 10.0 Å². The van der Waals surface area contributed by atoms with Crippen LogP contribution in [-0.4, -0.2) is 26.5 Å². The van der Waals surface area contributed by atoms with E-state index >= 15 is 0 Å². The lowest BCUT2D eigenvalue weighted by atomic mass is 10.4. The highest BCUT2D eigenvalue weighted by Gasteiger charge is 2.12.